The van der Waals surface area contributed by atoms with E-state index in [2.05, 4.69) is 14.7 Å². The Morgan fingerprint density at radius 2 is 1.91 bits per heavy atom. The third kappa shape index (κ3) is 3.72. The molecule has 0 bridgehead atoms. The van der Waals surface area contributed by atoms with E-state index in [0.29, 0.717) is 22.7 Å². The Hall–Kier alpha value is -2.34. The van der Waals surface area contributed by atoms with Gasteiger partial charge in [-0.3, -0.25) is 4.57 Å². The van der Waals surface area contributed by atoms with Gasteiger partial charge in [0.15, 0.2) is 5.13 Å². The van der Waals surface area contributed by atoms with E-state index in [0.717, 1.165) is 34.1 Å². The van der Waals surface area contributed by atoms with Crippen LogP contribution in [0.3, 0.4) is 0 Å². The fraction of sp³-hybridized carbons (Fsp3) is 0.381. The van der Waals surface area contributed by atoms with Gasteiger partial charge in [-0.1, -0.05) is 0 Å². The van der Waals surface area contributed by atoms with E-state index in [4.69, 9.17) is 0 Å². The normalized spacial score (nSPS) is 15.5. The number of thiazole rings is 2. The molecule has 3 heterocycles. The van der Waals surface area contributed by atoms with E-state index in [1.807, 2.05) is 33.1 Å². The zero-order chi connectivity index (χ0) is 22.8. The van der Waals surface area contributed by atoms with Crippen molar-refractivity contribution in [3.05, 3.63) is 55.3 Å². The minimum Gasteiger partial charge on any atom is -0.286 e. The van der Waals surface area contributed by atoms with Crippen LogP contribution in [0.2, 0.25) is 0 Å². The number of nitrogens with zero attached hydrogens (tertiary/aromatic N) is 4. The van der Waals surface area contributed by atoms with Crippen LogP contribution in [0.5, 0.6) is 0 Å². The molecular formula is C21H23N5O3S3. The lowest BCUT2D eigenvalue weighted by Crippen LogP contribution is -2.34. The maximum Gasteiger partial charge on any atom is 0.335 e. The summed E-state index contributed by atoms with van der Waals surface area (Å²) in [5.41, 5.74) is 2.24. The van der Waals surface area contributed by atoms with Crippen LogP contribution in [0.1, 0.15) is 41.0 Å². The predicted molar refractivity (Wildman–Crippen MR) is 127 cm³/mol. The molecule has 1 aliphatic carbocycles. The van der Waals surface area contributed by atoms with E-state index >= 15 is 0 Å². The van der Waals surface area contributed by atoms with Crippen LogP contribution >= 0.6 is 22.7 Å². The summed E-state index contributed by atoms with van der Waals surface area (Å²) in [5.74, 6) is 0. The van der Waals surface area contributed by atoms with E-state index in [1.165, 1.54) is 15.9 Å². The predicted octanol–water partition coefficient (Wildman–Crippen LogP) is 3.51. The summed E-state index contributed by atoms with van der Waals surface area (Å²) in [6.45, 7) is 8.00. The quantitative estimate of drug-likeness (QED) is 0.447. The van der Waals surface area contributed by atoms with Crippen molar-refractivity contribution in [3.8, 4) is 5.13 Å². The molecule has 4 aromatic rings. The van der Waals surface area contributed by atoms with Gasteiger partial charge in [0.1, 0.15) is 0 Å². The lowest BCUT2D eigenvalue weighted by Gasteiger charge is -2.12. The number of aryl methyl sites for hydroxylation is 3. The van der Waals surface area contributed by atoms with Gasteiger partial charge in [-0.15, -0.1) is 22.7 Å². The minimum absolute atomic E-state index is 0.141. The highest BCUT2D eigenvalue weighted by molar-refractivity contribution is 7.89. The zero-order valence-corrected chi connectivity index (χ0v) is 20.6. The monoisotopic (exact) mass is 489 g/mol. The molecular weight excluding hydrogens is 466 g/mol. The van der Waals surface area contributed by atoms with E-state index < -0.39 is 10.0 Å². The molecule has 0 amide bonds. The first-order valence-corrected chi connectivity index (χ1v) is 13.4. The number of fused-ring (bicyclic) bond motifs is 1. The SMILES string of the molecule is Cc1csc(-n2c(=O)n(Cc3sc(C)nc3C)c3ccc(S(=O)(=O)NC4(C)CC4)cc32)n1. The topological polar surface area (TPSA) is 98.9 Å². The molecule has 1 fully saturated rings. The first kappa shape index (κ1) is 21.5. The Morgan fingerprint density at radius 1 is 1.16 bits per heavy atom. The number of sulfonamides is 1. The molecule has 5 rings (SSSR count). The summed E-state index contributed by atoms with van der Waals surface area (Å²) in [7, 11) is -3.71. The smallest absolute Gasteiger partial charge is 0.286 e. The van der Waals surface area contributed by atoms with Crippen LogP contribution in [0.25, 0.3) is 16.2 Å². The number of hydrogen-bond acceptors (Lipinski definition) is 7. The van der Waals surface area contributed by atoms with Crippen LogP contribution in [0.4, 0.5) is 0 Å². The van der Waals surface area contributed by atoms with Crippen molar-refractivity contribution in [2.45, 2.75) is 57.5 Å². The van der Waals surface area contributed by atoms with Gasteiger partial charge in [0, 0.05) is 15.8 Å². The maximum absolute atomic E-state index is 13.5. The zero-order valence-electron chi connectivity index (χ0n) is 18.2. The van der Waals surface area contributed by atoms with Gasteiger partial charge >= 0.3 is 5.69 Å². The Morgan fingerprint density at radius 3 is 2.50 bits per heavy atom. The Balaban J connectivity index is 1.70. The number of imidazole rings is 1. The van der Waals surface area contributed by atoms with Crippen LogP contribution in [-0.4, -0.2) is 33.1 Å². The van der Waals surface area contributed by atoms with Gasteiger partial charge in [-0.05, 0) is 58.7 Å². The molecule has 1 aromatic carbocycles. The van der Waals surface area contributed by atoms with Gasteiger partial charge < -0.3 is 0 Å². The average molecular weight is 490 g/mol. The summed E-state index contributed by atoms with van der Waals surface area (Å²) >= 11 is 2.91. The van der Waals surface area contributed by atoms with Crippen molar-refractivity contribution in [2.75, 3.05) is 0 Å². The van der Waals surface area contributed by atoms with Gasteiger partial charge in [-0.2, -0.15) is 0 Å². The van der Waals surface area contributed by atoms with Gasteiger partial charge in [0.05, 0.1) is 38.9 Å². The number of aromatic nitrogens is 4. The summed E-state index contributed by atoms with van der Waals surface area (Å²) < 4.78 is 31.9. The molecule has 1 N–H and O–H groups in total. The lowest BCUT2D eigenvalue weighted by molar-refractivity contribution is 0.558. The highest BCUT2D eigenvalue weighted by Gasteiger charge is 2.41. The Kier molecular flexibility index (Phi) is 4.93. The first-order valence-electron chi connectivity index (χ1n) is 10.2. The molecule has 11 heteroatoms. The van der Waals surface area contributed by atoms with Crippen molar-refractivity contribution in [1.82, 2.24) is 23.8 Å². The van der Waals surface area contributed by atoms with Gasteiger partial charge in [-0.25, -0.2) is 32.5 Å². The molecule has 0 radical (unpaired) electrons. The molecule has 3 aromatic heterocycles. The molecule has 1 saturated carbocycles. The second-order valence-electron chi connectivity index (χ2n) is 8.53. The number of hydrogen-bond donors (Lipinski definition) is 1. The minimum atomic E-state index is -3.71. The molecule has 8 nitrogen and oxygen atoms in total. The average Bonchev–Trinajstić information content (AvgIpc) is 3.01. The Bertz CT molecular complexity index is 1520. The standard InChI is InChI=1S/C21H23N5O3S3/c1-12-11-30-19(22-12)26-17-9-15(32(28,29)24-21(4)7-8-21)5-6-16(17)25(20(26)27)10-18-13(2)23-14(3)31-18/h5-6,9,11,24H,7-8,10H2,1-4H3. The molecule has 1 aliphatic rings. The summed E-state index contributed by atoms with van der Waals surface area (Å²) in [6.07, 6.45) is 1.64. The molecule has 168 valence electrons. The van der Waals surface area contributed by atoms with Crippen molar-refractivity contribution < 1.29 is 8.42 Å². The van der Waals surface area contributed by atoms with Crippen molar-refractivity contribution in [1.29, 1.82) is 0 Å². The van der Waals surface area contributed by atoms with E-state index in [1.54, 1.807) is 34.1 Å². The highest BCUT2D eigenvalue weighted by atomic mass is 32.2. The summed E-state index contributed by atoms with van der Waals surface area (Å²) in [5, 5.41) is 3.33. The molecule has 0 spiro atoms. The molecule has 0 aliphatic heterocycles. The van der Waals surface area contributed by atoms with Gasteiger partial charge in [0.25, 0.3) is 0 Å². The van der Waals surface area contributed by atoms with E-state index in [9.17, 15) is 13.2 Å². The van der Waals surface area contributed by atoms with Crippen molar-refractivity contribution in [3.63, 3.8) is 0 Å². The molecule has 0 atom stereocenters. The fourth-order valence-corrected chi connectivity index (χ4v) is 6.94. The lowest BCUT2D eigenvalue weighted by atomic mass is 10.3. The van der Waals surface area contributed by atoms with E-state index in [-0.39, 0.29) is 16.1 Å². The second kappa shape index (κ2) is 7.34. The third-order valence-corrected chi connectivity index (χ3v) is 9.33. The number of nitrogens with one attached hydrogen (secondary N) is 1. The number of benzene rings is 1. The second-order valence-corrected chi connectivity index (χ2v) is 12.3. The maximum atomic E-state index is 13.5. The van der Waals surface area contributed by atoms with Crippen molar-refractivity contribution in [2.24, 2.45) is 0 Å². The Labute approximate surface area is 193 Å². The van der Waals surface area contributed by atoms with Crippen LogP contribution < -0.4 is 10.4 Å². The van der Waals surface area contributed by atoms with Crippen LogP contribution in [0, 0.1) is 20.8 Å². The van der Waals surface area contributed by atoms with Gasteiger partial charge in [0.2, 0.25) is 10.0 Å². The highest BCUT2D eigenvalue weighted by Crippen LogP contribution is 2.36. The first-order chi connectivity index (χ1) is 15.1. The summed E-state index contributed by atoms with van der Waals surface area (Å²) in [6, 6.07) is 4.85. The third-order valence-electron chi connectivity index (χ3n) is 5.69. The van der Waals surface area contributed by atoms with Crippen LogP contribution in [0.15, 0.2) is 33.3 Å². The fourth-order valence-electron chi connectivity index (χ4n) is 3.72. The molecule has 0 unspecified atom stereocenters. The molecule has 32 heavy (non-hydrogen) atoms. The summed E-state index contributed by atoms with van der Waals surface area (Å²) in [4.78, 5) is 23.6. The van der Waals surface area contributed by atoms with Crippen molar-refractivity contribution >= 4 is 43.7 Å². The molecule has 0 saturated heterocycles. The number of rotatable bonds is 6. The largest absolute Gasteiger partial charge is 0.335 e. The van der Waals surface area contributed by atoms with Crippen LogP contribution in [-0.2, 0) is 16.6 Å².